The van der Waals surface area contributed by atoms with Crippen LogP contribution in [0.15, 0.2) is 30.3 Å². The molecule has 2 nitrogen and oxygen atoms in total. The summed E-state index contributed by atoms with van der Waals surface area (Å²) >= 11 is 0. The van der Waals surface area contributed by atoms with Gasteiger partial charge in [0.15, 0.2) is 0 Å². The quantitative estimate of drug-likeness (QED) is 0.474. The van der Waals surface area contributed by atoms with Crippen molar-refractivity contribution in [3.8, 4) is 0 Å². The molecule has 0 bridgehead atoms. The Morgan fingerprint density at radius 1 is 1.33 bits per heavy atom. The summed E-state index contributed by atoms with van der Waals surface area (Å²) in [5.74, 6) is 0.346. The van der Waals surface area contributed by atoms with Crippen molar-refractivity contribution in [2.45, 2.75) is 13.5 Å². The van der Waals surface area contributed by atoms with Crippen LogP contribution in [0.3, 0.4) is 0 Å². The monoisotopic (exact) mass is 161 g/mol. The highest BCUT2D eigenvalue weighted by Gasteiger charge is 1.99. The average molecular weight is 161 g/mol. The van der Waals surface area contributed by atoms with Crippen molar-refractivity contribution in [3.05, 3.63) is 35.9 Å². The first-order valence-corrected chi connectivity index (χ1v) is 3.97. The second kappa shape index (κ2) is 3.90. The van der Waals surface area contributed by atoms with E-state index in [4.69, 9.17) is 5.41 Å². The summed E-state index contributed by atoms with van der Waals surface area (Å²) in [7, 11) is 1.86. The van der Waals surface area contributed by atoms with E-state index in [0.717, 1.165) is 6.54 Å². The molecule has 0 unspecified atom stereocenters. The Balaban J connectivity index is 2.58. The lowest BCUT2D eigenvalue weighted by molar-refractivity contribution is 0.498. The van der Waals surface area contributed by atoms with Crippen molar-refractivity contribution in [2.75, 3.05) is 7.05 Å². The smallest absolute Gasteiger partial charge is 0.124 e. The van der Waals surface area contributed by atoms with Gasteiger partial charge in [-0.1, -0.05) is 30.3 Å². The number of amidine groups is 1. The number of benzene rings is 1. The summed E-state index contributed by atoms with van der Waals surface area (Å²) in [6.45, 7) is 2.44. The van der Waals surface area contributed by atoms with Crippen molar-refractivity contribution in [2.24, 2.45) is 0 Å². The van der Waals surface area contributed by atoms with Crippen LogP contribution in [0.2, 0.25) is 0 Å². The van der Waals surface area contributed by atoms with Crippen LogP contribution < -0.4 is 5.41 Å². The van der Waals surface area contributed by atoms with Crippen molar-refractivity contribution >= 4 is 5.84 Å². The molecule has 0 fully saturated rings. The summed E-state index contributed by atoms with van der Waals surface area (Å²) in [6, 6.07) is 10.1. The van der Waals surface area contributed by atoms with Gasteiger partial charge in [-0.25, -0.2) is 0 Å². The van der Waals surface area contributed by atoms with E-state index in [-0.39, 0.29) is 0 Å². The van der Waals surface area contributed by atoms with Crippen LogP contribution in [0.1, 0.15) is 12.5 Å². The molecule has 0 amide bonds. The predicted octanol–water partition coefficient (Wildman–Crippen LogP) is 1.34. The van der Waals surface area contributed by atoms with Gasteiger partial charge in [0.1, 0.15) is 5.84 Å². The Morgan fingerprint density at radius 2 is 1.92 bits per heavy atom. The summed E-state index contributed by atoms with van der Waals surface area (Å²) in [5.41, 5.74) is 1.20. The Hall–Kier alpha value is -1.31. The van der Waals surface area contributed by atoms with Gasteiger partial charge < -0.3 is 4.90 Å². The summed E-state index contributed by atoms with van der Waals surface area (Å²) < 4.78 is 0. The van der Waals surface area contributed by atoms with Crippen LogP contribution in [0, 0.1) is 0 Å². The van der Waals surface area contributed by atoms with Crippen molar-refractivity contribution in [1.82, 2.24) is 10.3 Å². The molecule has 1 rings (SSSR count). The lowest BCUT2D eigenvalue weighted by atomic mass is 10.2. The van der Waals surface area contributed by atoms with Crippen LogP contribution in [0.4, 0.5) is 0 Å². The first-order valence-electron chi connectivity index (χ1n) is 3.97. The Labute approximate surface area is 73.3 Å². The van der Waals surface area contributed by atoms with E-state index < -0.39 is 0 Å². The molecule has 1 aromatic carbocycles. The molecule has 0 N–H and O–H groups in total. The molecule has 0 aliphatic rings. The van der Waals surface area contributed by atoms with Gasteiger partial charge in [0.05, 0.1) is 0 Å². The maximum atomic E-state index is 9.12. The van der Waals surface area contributed by atoms with Crippen molar-refractivity contribution in [3.63, 3.8) is 0 Å². The minimum Gasteiger partial charge on any atom is -0.358 e. The first kappa shape index (κ1) is 8.78. The molecule has 1 aromatic rings. The minimum atomic E-state index is 0.346. The molecular weight excluding hydrogens is 148 g/mol. The van der Waals surface area contributed by atoms with Crippen molar-refractivity contribution < 1.29 is 0 Å². The van der Waals surface area contributed by atoms with E-state index in [9.17, 15) is 0 Å². The lowest BCUT2D eigenvalue weighted by Gasteiger charge is -2.15. The van der Waals surface area contributed by atoms with Gasteiger partial charge in [-0.05, 0) is 12.5 Å². The Bertz CT molecular complexity index is 254. The molecule has 0 aliphatic carbocycles. The van der Waals surface area contributed by atoms with E-state index in [1.165, 1.54) is 5.56 Å². The van der Waals surface area contributed by atoms with Gasteiger partial charge in [0.2, 0.25) is 0 Å². The average Bonchev–Trinajstić information content (AvgIpc) is 2.06. The molecule has 63 valence electrons. The molecule has 12 heavy (non-hydrogen) atoms. The lowest BCUT2D eigenvalue weighted by Crippen LogP contribution is -2.23. The summed E-state index contributed by atoms with van der Waals surface area (Å²) in [5, 5.41) is 9.12. The molecule has 0 heterocycles. The third-order valence-electron chi connectivity index (χ3n) is 1.82. The fraction of sp³-hybridized carbons (Fsp3) is 0.300. The van der Waals surface area contributed by atoms with Crippen LogP contribution in [-0.4, -0.2) is 17.8 Å². The van der Waals surface area contributed by atoms with Gasteiger partial charge in [-0.15, -0.1) is 5.41 Å². The Kier molecular flexibility index (Phi) is 2.86. The second-order valence-corrected chi connectivity index (χ2v) is 2.89. The summed E-state index contributed by atoms with van der Waals surface area (Å²) in [4.78, 5) is 1.80. The molecule has 0 spiro atoms. The highest BCUT2D eigenvalue weighted by molar-refractivity contribution is 5.76. The standard InChI is InChI=1S/C10H13N2/c1-9(11)12(2)8-10-6-4-3-5-7-10/h3-7H,8H2,1-2H3. The van der Waals surface area contributed by atoms with E-state index in [1.54, 1.807) is 11.8 Å². The number of nitrogens with zero attached hydrogens (tertiary/aromatic N) is 2. The van der Waals surface area contributed by atoms with Crippen LogP contribution >= 0.6 is 0 Å². The maximum Gasteiger partial charge on any atom is 0.124 e. The van der Waals surface area contributed by atoms with Crippen LogP contribution in [-0.2, 0) is 6.54 Å². The fourth-order valence-corrected chi connectivity index (χ4v) is 0.972. The van der Waals surface area contributed by atoms with Crippen LogP contribution in [0.5, 0.6) is 0 Å². The van der Waals surface area contributed by atoms with E-state index in [2.05, 4.69) is 0 Å². The van der Waals surface area contributed by atoms with Gasteiger partial charge >= 0.3 is 0 Å². The molecule has 2 heteroatoms. The Morgan fingerprint density at radius 3 is 2.42 bits per heavy atom. The minimum absolute atomic E-state index is 0.346. The topological polar surface area (TPSA) is 25.5 Å². The molecule has 0 saturated heterocycles. The largest absolute Gasteiger partial charge is 0.358 e. The third-order valence-corrected chi connectivity index (χ3v) is 1.82. The zero-order valence-corrected chi connectivity index (χ0v) is 7.49. The van der Waals surface area contributed by atoms with Crippen LogP contribution in [0.25, 0.3) is 0 Å². The number of rotatable bonds is 2. The third kappa shape index (κ3) is 2.38. The molecule has 0 saturated carbocycles. The van der Waals surface area contributed by atoms with E-state index >= 15 is 0 Å². The normalized spacial score (nSPS) is 9.50. The zero-order valence-electron chi connectivity index (χ0n) is 7.49. The number of hydrogen-bond acceptors (Lipinski definition) is 0. The van der Waals surface area contributed by atoms with E-state index in [1.807, 2.05) is 37.4 Å². The first-order chi connectivity index (χ1) is 5.70. The molecule has 0 aliphatic heterocycles. The molecular formula is C10H13N2. The van der Waals surface area contributed by atoms with E-state index in [0.29, 0.717) is 5.84 Å². The van der Waals surface area contributed by atoms with Gasteiger partial charge in [0.25, 0.3) is 0 Å². The highest BCUT2D eigenvalue weighted by atomic mass is 15.1. The maximum absolute atomic E-state index is 9.12. The molecule has 0 aromatic heterocycles. The van der Waals surface area contributed by atoms with Gasteiger partial charge in [-0.2, -0.15) is 0 Å². The predicted molar refractivity (Wildman–Crippen MR) is 50.7 cm³/mol. The van der Waals surface area contributed by atoms with Crippen molar-refractivity contribution in [1.29, 1.82) is 0 Å². The fourth-order valence-electron chi connectivity index (χ4n) is 0.972. The summed E-state index contributed by atoms with van der Waals surface area (Å²) in [6.07, 6.45) is 0. The SMILES string of the molecule is CC(=[N])N(C)Cc1ccccc1. The highest BCUT2D eigenvalue weighted by Crippen LogP contribution is 2.01. The van der Waals surface area contributed by atoms with Gasteiger partial charge in [-0.3, -0.25) is 0 Å². The zero-order chi connectivity index (χ0) is 8.97. The number of hydrogen-bond donors (Lipinski definition) is 0. The second-order valence-electron chi connectivity index (χ2n) is 2.89. The van der Waals surface area contributed by atoms with Gasteiger partial charge in [0, 0.05) is 13.6 Å². The molecule has 0 atom stereocenters. The molecule has 1 radical (unpaired) electrons.